The summed E-state index contributed by atoms with van der Waals surface area (Å²) in [5.74, 6) is -0.533. The first-order valence-electron chi connectivity index (χ1n) is 16.5. The van der Waals surface area contributed by atoms with Crippen molar-refractivity contribution in [2.75, 3.05) is 13.7 Å². The molecule has 2 aromatic rings. The second-order valence-corrected chi connectivity index (χ2v) is 14.9. The molecule has 5 atom stereocenters. The van der Waals surface area contributed by atoms with Gasteiger partial charge in [0.2, 0.25) is 0 Å². The molecule has 2 saturated heterocycles. The maximum absolute atomic E-state index is 14.5. The van der Waals surface area contributed by atoms with Crippen LogP contribution >= 0.6 is 0 Å². The van der Waals surface area contributed by atoms with E-state index < -0.39 is 29.6 Å². The standard InChI is InChI=1S/C37H52N2O5/c1-23(2)26-13-8-9-14-27(26)32-31(38-22-24-21-25(16-17-28(24)43-7)37(6)18-12-19-37)30(36(3,4)5)33(35(41)42)39(32)34(40)29-15-10-11-20-44-29/h8-9,13-14,16-17,21,23,29-33,38H,10-12,15,18-20,22H2,1-7H3,(H,41,42)/t29-,30-,31-,32-,33-/m0/s1. The molecule has 0 aromatic heterocycles. The van der Waals surface area contributed by atoms with Gasteiger partial charge in [-0.1, -0.05) is 84.4 Å². The third-order valence-electron chi connectivity index (χ3n) is 10.5. The van der Waals surface area contributed by atoms with Crippen molar-refractivity contribution in [2.45, 2.75) is 122 Å². The van der Waals surface area contributed by atoms with Crippen LogP contribution in [0.3, 0.4) is 0 Å². The first kappa shape index (κ1) is 32.5. The van der Waals surface area contributed by atoms with E-state index in [1.807, 2.05) is 12.1 Å². The van der Waals surface area contributed by atoms with Crippen molar-refractivity contribution < 1.29 is 24.2 Å². The fraction of sp³-hybridized carbons (Fsp3) is 0.622. The molecule has 3 fully saturated rings. The van der Waals surface area contributed by atoms with Crippen molar-refractivity contribution in [2.24, 2.45) is 11.3 Å². The summed E-state index contributed by atoms with van der Waals surface area (Å²) in [4.78, 5) is 29.4. The number of nitrogens with one attached hydrogen (secondary N) is 1. The van der Waals surface area contributed by atoms with Crippen molar-refractivity contribution in [1.29, 1.82) is 0 Å². The number of ether oxygens (including phenoxy) is 2. The Morgan fingerprint density at radius 1 is 1.11 bits per heavy atom. The van der Waals surface area contributed by atoms with E-state index in [0.717, 1.165) is 35.3 Å². The Labute approximate surface area is 263 Å². The van der Waals surface area contributed by atoms with E-state index in [0.29, 0.717) is 19.6 Å². The molecule has 0 spiro atoms. The smallest absolute Gasteiger partial charge is 0.326 e. The van der Waals surface area contributed by atoms with Gasteiger partial charge >= 0.3 is 5.97 Å². The molecule has 0 bridgehead atoms. The Bertz CT molecular complexity index is 1340. The number of benzene rings is 2. The Morgan fingerprint density at radius 3 is 2.41 bits per heavy atom. The highest BCUT2D eigenvalue weighted by Crippen LogP contribution is 2.50. The van der Waals surface area contributed by atoms with Gasteiger partial charge in [-0.3, -0.25) is 4.79 Å². The van der Waals surface area contributed by atoms with Gasteiger partial charge in [0.15, 0.2) is 0 Å². The number of amides is 1. The SMILES string of the molecule is COc1ccc(C2(C)CCC2)cc1CN[C@H]1[C@H](C(C)(C)C)[C@@H](C(=O)O)N(C(=O)[C@@H]2CCCCO2)[C@H]1c1ccccc1C(C)C. The zero-order valence-electron chi connectivity index (χ0n) is 27.7. The number of nitrogens with zero attached hydrogens (tertiary/aromatic N) is 1. The van der Waals surface area contributed by atoms with E-state index >= 15 is 0 Å². The first-order chi connectivity index (χ1) is 20.9. The van der Waals surface area contributed by atoms with E-state index in [9.17, 15) is 14.7 Å². The number of rotatable bonds is 9. The Kier molecular flexibility index (Phi) is 9.48. The summed E-state index contributed by atoms with van der Waals surface area (Å²) >= 11 is 0. The average molecular weight is 605 g/mol. The molecule has 240 valence electrons. The highest BCUT2D eigenvalue weighted by Gasteiger charge is 2.59. The average Bonchev–Trinajstić information content (AvgIpc) is 3.34. The molecule has 2 N–H and O–H groups in total. The lowest BCUT2D eigenvalue weighted by molar-refractivity contribution is -0.159. The van der Waals surface area contributed by atoms with Crippen LogP contribution in [0.1, 0.15) is 114 Å². The number of carboxylic acids is 1. The Balaban J connectivity index is 1.63. The van der Waals surface area contributed by atoms with Crippen molar-refractivity contribution in [1.82, 2.24) is 10.2 Å². The summed E-state index contributed by atoms with van der Waals surface area (Å²) < 4.78 is 11.8. The van der Waals surface area contributed by atoms with Crippen molar-refractivity contribution >= 4 is 11.9 Å². The van der Waals surface area contributed by atoms with Gasteiger partial charge in [0, 0.05) is 30.7 Å². The summed E-state index contributed by atoms with van der Waals surface area (Å²) in [6.45, 7) is 13.9. The predicted molar refractivity (Wildman–Crippen MR) is 173 cm³/mol. The third kappa shape index (κ3) is 6.15. The minimum atomic E-state index is -1.00. The Hall–Kier alpha value is -2.90. The molecule has 7 heteroatoms. The molecule has 0 unspecified atom stereocenters. The van der Waals surface area contributed by atoms with E-state index in [-0.39, 0.29) is 29.2 Å². The molecular weight excluding hydrogens is 552 g/mol. The van der Waals surface area contributed by atoms with Crippen LogP contribution in [0.15, 0.2) is 42.5 Å². The van der Waals surface area contributed by atoms with Crippen molar-refractivity contribution in [3.63, 3.8) is 0 Å². The summed E-state index contributed by atoms with van der Waals surface area (Å²) in [5, 5.41) is 14.7. The largest absolute Gasteiger partial charge is 0.496 e. The predicted octanol–water partition coefficient (Wildman–Crippen LogP) is 6.99. The molecule has 2 aromatic carbocycles. The first-order valence-corrected chi connectivity index (χ1v) is 16.5. The van der Waals surface area contributed by atoms with E-state index in [1.165, 1.54) is 24.8 Å². The van der Waals surface area contributed by atoms with Gasteiger partial charge in [0.05, 0.1) is 13.2 Å². The van der Waals surface area contributed by atoms with Crippen molar-refractivity contribution in [3.05, 3.63) is 64.7 Å². The number of methoxy groups -OCH3 is 1. The van der Waals surface area contributed by atoms with Crippen molar-refractivity contribution in [3.8, 4) is 5.75 Å². The van der Waals surface area contributed by atoms with Crippen LogP contribution in [0.4, 0.5) is 0 Å². The molecule has 1 amide bonds. The van der Waals surface area contributed by atoms with Crippen LogP contribution in [0.25, 0.3) is 0 Å². The number of carbonyl (C=O) groups excluding carboxylic acids is 1. The zero-order valence-corrected chi connectivity index (χ0v) is 27.7. The summed E-state index contributed by atoms with van der Waals surface area (Å²) in [6.07, 6.45) is 5.40. The van der Waals surface area contributed by atoms with Gasteiger partial charge in [0.1, 0.15) is 17.9 Å². The van der Waals surface area contributed by atoms with E-state index in [1.54, 1.807) is 12.0 Å². The van der Waals surface area contributed by atoms with Crippen LogP contribution in [0.5, 0.6) is 5.75 Å². The van der Waals surface area contributed by atoms with Crippen LogP contribution in [0, 0.1) is 11.3 Å². The molecule has 2 aliphatic heterocycles. The second-order valence-electron chi connectivity index (χ2n) is 14.9. The molecule has 1 aliphatic carbocycles. The quantitative estimate of drug-likeness (QED) is 0.321. The number of aliphatic carboxylic acids is 1. The third-order valence-corrected chi connectivity index (χ3v) is 10.5. The summed E-state index contributed by atoms with van der Waals surface area (Å²) in [6, 6.07) is 12.9. The number of carbonyl (C=O) groups is 2. The second kappa shape index (κ2) is 12.8. The van der Waals surface area contributed by atoms with Gasteiger partial charge in [-0.25, -0.2) is 4.79 Å². The number of hydrogen-bond donors (Lipinski definition) is 2. The summed E-state index contributed by atoms with van der Waals surface area (Å²) in [5.41, 5.74) is 4.26. The molecule has 0 radical (unpaired) electrons. The Morgan fingerprint density at radius 2 is 1.84 bits per heavy atom. The fourth-order valence-corrected chi connectivity index (χ4v) is 7.98. The molecule has 44 heavy (non-hydrogen) atoms. The topological polar surface area (TPSA) is 88.1 Å². The van der Waals surface area contributed by atoms with Crippen LogP contribution in [-0.4, -0.2) is 53.8 Å². The molecule has 3 aliphatic rings. The van der Waals surface area contributed by atoms with Gasteiger partial charge in [0.25, 0.3) is 5.91 Å². The van der Waals surface area contributed by atoms with Crippen LogP contribution in [0.2, 0.25) is 0 Å². The van der Waals surface area contributed by atoms with Gasteiger partial charge in [-0.2, -0.15) is 0 Å². The molecular formula is C37H52N2O5. The fourth-order valence-electron chi connectivity index (χ4n) is 7.98. The normalized spacial score (nSPS) is 26.8. The highest BCUT2D eigenvalue weighted by atomic mass is 16.5. The monoisotopic (exact) mass is 604 g/mol. The molecule has 2 heterocycles. The summed E-state index contributed by atoms with van der Waals surface area (Å²) in [7, 11) is 1.70. The van der Waals surface area contributed by atoms with E-state index in [2.05, 4.69) is 77.2 Å². The van der Waals surface area contributed by atoms with Gasteiger partial charge in [-0.15, -0.1) is 0 Å². The van der Waals surface area contributed by atoms with E-state index in [4.69, 9.17) is 9.47 Å². The molecule has 7 nitrogen and oxygen atoms in total. The van der Waals surface area contributed by atoms with Crippen LogP contribution < -0.4 is 10.1 Å². The number of likely N-dealkylation sites (tertiary alicyclic amines) is 1. The molecule has 5 rings (SSSR count). The minimum absolute atomic E-state index is 0.179. The van der Waals surface area contributed by atoms with Gasteiger partial charge in [-0.05, 0) is 71.6 Å². The highest BCUT2D eigenvalue weighted by molar-refractivity contribution is 5.88. The maximum atomic E-state index is 14.5. The van der Waals surface area contributed by atoms with Gasteiger partial charge < -0.3 is 24.8 Å². The lowest BCUT2D eigenvalue weighted by Gasteiger charge is -2.39. The number of carboxylic acid groups (broad SMARTS) is 1. The van der Waals surface area contributed by atoms with Crippen LogP contribution in [-0.2, 0) is 26.3 Å². The zero-order chi connectivity index (χ0) is 31.8. The molecule has 1 saturated carbocycles. The number of hydrogen-bond acceptors (Lipinski definition) is 5. The lowest BCUT2D eigenvalue weighted by atomic mass is 9.66. The lowest BCUT2D eigenvalue weighted by Crippen LogP contribution is -2.51. The minimum Gasteiger partial charge on any atom is -0.496 e. The maximum Gasteiger partial charge on any atom is 0.326 e.